The minimum absolute atomic E-state index is 0.0189. The molecule has 0 bridgehead atoms. The number of rotatable bonds is 5. The zero-order valence-electron chi connectivity index (χ0n) is 13.8. The summed E-state index contributed by atoms with van der Waals surface area (Å²) in [4.78, 5) is 10.9. The second-order valence-electron chi connectivity index (χ2n) is 5.69. The van der Waals surface area contributed by atoms with E-state index in [1.54, 1.807) is 30.3 Å². The first-order chi connectivity index (χ1) is 12.8. The molecule has 0 fully saturated rings. The van der Waals surface area contributed by atoms with Crippen molar-refractivity contribution in [3.63, 3.8) is 0 Å². The second-order valence-corrected chi connectivity index (χ2v) is 7.37. The summed E-state index contributed by atoms with van der Waals surface area (Å²) in [5.41, 5.74) is 0.683. The monoisotopic (exact) mass is 385 g/mol. The molecule has 138 valence electrons. The van der Waals surface area contributed by atoms with E-state index in [2.05, 4.69) is 4.72 Å². The molecule has 0 aliphatic rings. The number of carbonyl (C=O) groups is 1. The molecular weight excluding hydrogens is 370 g/mol. The quantitative estimate of drug-likeness (QED) is 0.534. The van der Waals surface area contributed by atoms with Crippen molar-refractivity contribution in [1.29, 1.82) is 0 Å². The lowest BCUT2D eigenvalue weighted by molar-refractivity contribution is 0.0693. The second kappa shape index (κ2) is 7.00. The highest BCUT2D eigenvalue weighted by molar-refractivity contribution is 7.92. The number of hydrogen-bond donors (Lipinski definition) is 4. The highest BCUT2D eigenvalue weighted by atomic mass is 32.2. The first-order valence-electron chi connectivity index (χ1n) is 7.75. The van der Waals surface area contributed by atoms with Crippen LogP contribution in [0.5, 0.6) is 11.5 Å². The summed E-state index contributed by atoms with van der Waals surface area (Å²) in [5, 5.41) is 28.6. The van der Waals surface area contributed by atoms with Crippen molar-refractivity contribution < 1.29 is 28.5 Å². The van der Waals surface area contributed by atoms with Crippen molar-refractivity contribution >= 4 is 21.7 Å². The van der Waals surface area contributed by atoms with Crippen LogP contribution in [0, 0.1) is 0 Å². The summed E-state index contributed by atoms with van der Waals surface area (Å²) in [6.45, 7) is 0. The molecule has 0 aliphatic carbocycles. The molecule has 0 heterocycles. The number of anilines is 1. The number of carboxylic acids is 1. The fraction of sp³-hybridized carbons (Fsp3) is 0. The largest absolute Gasteiger partial charge is 0.507 e. The van der Waals surface area contributed by atoms with Gasteiger partial charge in [0.25, 0.3) is 10.0 Å². The van der Waals surface area contributed by atoms with Gasteiger partial charge in [-0.2, -0.15) is 0 Å². The topological polar surface area (TPSA) is 124 Å². The maximum atomic E-state index is 12.6. The van der Waals surface area contributed by atoms with E-state index in [1.165, 1.54) is 24.3 Å². The van der Waals surface area contributed by atoms with E-state index in [0.29, 0.717) is 11.1 Å². The number of para-hydroxylation sites is 1. The van der Waals surface area contributed by atoms with Crippen LogP contribution in [0.2, 0.25) is 0 Å². The molecule has 0 saturated carbocycles. The number of carboxylic acid groups (broad SMARTS) is 1. The lowest BCUT2D eigenvalue weighted by Crippen LogP contribution is -2.13. The van der Waals surface area contributed by atoms with Gasteiger partial charge in [0, 0.05) is 11.6 Å². The van der Waals surface area contributed by atoms with Gasteiger partial charge >= 0.3 is 5.97 Å². The summed E-state index contributed by atoms with van der Waals surface area (Å²) < 4.78 is 27.5. The predicted octanol–water partition coefficient (Wildman–Crippen LogP) is 3.26. The van der Waals surface area contributed by atoms with Crippen molar-refractivity contribution in [2.75, 3.05) is 4.72 Å². The number of phenols is 2. The highest BCUT2D eigenvalue weighted by Gasteiger charge is 2.17. The van der Waals surface area contributed by atoms with E-state index in [1.807, 2.05) is 0 Å². The van der Waals surface area contributed by atoms with Gasteiger partial charge in [-0.3, -0.25) is 4.72 Å². The first-order valence-corrected chi connectivity index (χ1v) is 9.24. The Kier molecular flexibility index (Phi) is 4.74. The van der Waals surface area contributed by atoms with E-state index < -0.39 is 21.7 Å². The Morgan fingerprint density at radius 2 is 1.59 bits per heavy atom. The molecule has 3 rings (SSSR count). The van der Waals surface area contributed by atoms with Crippen molar-refractivity contribution in [3.8, 4) is 22.6 Å². The fourth-order valence-corrected chi connectivity index (χ4v) is 3.63. The molecule has 0 unspecified atom stereocenters. The Morgan fingerprint density at radius 3 is 2.26 bits per heavy atom. The SMILES string of the molecule is O=C(O)c1ccc(NS(=O)(=O)c2cccc(-c3ccccc3O)c2)cc1O. The van der Waals surface area contributed by atoms with E-state index >= 15 is 0 Å². The molecule has 8 heteroatoms. The van der Waals surface area contributed by atoms with Gasteiger partial charge in [0.2, 0.25) is 0 Å². The zero-order chi connectivity index (χ0) is 19.6. The van der Waals surface area contributed by atoms with Crippen LogP contribution in [0.4, 0.5) is 5.69 Å². The van der Waals surface area contributed by atoms with Crippen LogP contribution in [0.3, 0.4) is 0 Å². The normalized spacial score (nSPS) is 11.1. The van der Waals surface area contributed by atoms with Crippen molar-refractivity contribution in [3.05, 3.63) is 72.3 Å². The minimum Gasteiger partial charge on any atom is -0.507 e. The van der Waals surface area contributed by atoms with Crippen LogP contribution < -0.4 is 4.72 Å². The third-order valence-corrected chi connectivity index (χ3v) is 5.22. The maximum Gasteiger partial charge on any atom is 0.339 e. The summed E-state index contributed by atoms with van der Waals surface area (Å²) in [7, 11) is -4.00. The van der Waals surface area contributed by atoms with E-state index in [-0.39, 0.29) is 21.9 Å². The van der Waals surface area contributed by atoms with E-state index in [0.717, 1.165) is 12.1 Å². The Bertz CT molecular complexity index is 1120. The molecule has 3 aromatic rings. The third-order valence-electron chi connectivity index (χ3n) is 3.84. The predicted molar refractivity (Wildman–Crippen MR) is 99.4 cm³/mol. The molecule has 7 nitrogen and oxygen atoms in total. The van der Waals surface area contributed by atoms with Crippen molar-refractivity contribution in [2.24, 2.45) is 0 Å². The molecule has 3 aromatic carbocycles. The number of benzene rings is 3. The lowest BCUT2D eigenvalue weighted by Gasteiger charge is -2.11. The summed E-state index contributed by atoms with van der Waals surface area (Å²) in [6.07, 6.45) is 0. The summed E-state index contributed by atoms with van der Waals surface area (Å²) in [5.74, 6) is -1.85. The average molecular weight is 385 g/mol. The Morgan fingerprint density at radius 1 is 0.852 bits per heavy atom. The smallest absolute Gasteiger partial charge is 0.339 e. The minimum atomic E-state index is -4.00. The van der Waals surface area contributed by atoms with Gasteiger partial charge < -0.3 is 15.3 Å². The van der Waals surface area contributed by atoms with Crippen molar-refractivity contribution in [2.45, 2.75) is 4.90 Å². The van der Waals surface area contributed by atoms with Gasteiger partial charge in [0.15, 0.2) is 0 Å². The van der Waals surface area contributed by atoms with Crippen LogP contribution >= 0.6 is 0 Å². The van der Waals surface area contributed by atoms with Gasteiger partial charge in [-0.15, -0.1) is 0 Å². The number of hydrogen-bond acceptors (Lipinski definition) is 5. The average Bonchev–Trinajstić information content (AvgIpc) is 2.61. The number of phenolic OH excluding ortho intramolecular Hbond substituents is 1. The van der Waals surface area contributed by atoms with Crippen LogP contribution in [0.15, 0.2) is 71.6 Å². The number of nitrogens with one attached hydrogen (secondary N) is 1. The molecule has 0 amide bonds. The Hall–Kier alpha value is -3.52. The molecule has 0 aromatic heterocycles. The summed E-state index contributed by atoms with van der Waals surface area (Å²) >= 11 is 0. The van der Waals surface area contributed by atoms with Gasteiger partial charge in [0.1, 0.15) is 17.1 Å². The number of aromatic carboxylic acids is 1. The molecular formula is C19H15NO6S. The number of aromatic hydroxyl groups is 2. The first kappa shape index (κ1) is 18.3. The molecule has 0 atom stereocenters. The molecule has 0 saturated heterocycles. The van der Waals surface area contributed by atoms with Gasteiger partial charge in [0.05, 0.1) is 10.6 Å². The molecule has 27 heavy (non-hydrogen) atoms. The van der Waals surface area contributed by atoms with E-state index in [4.69, 9.17) is 5.11 Å². The lowest BCUT2D eigenvalue weighted by atomic mass is 10.1. The number of sulfonamides is 1. The molecule has 0 aliphatic heterocycles. The standard InChI is InChI=1S/C19H15NO6S/c21-17-7-2-1-6-15(17)12-4-3-5-14(10-12)27(25,26)20-13-8-9-16(19(23)24)18(22)11-13/h1-11,20-22H,(H,23,24). The highest BCUT2D eigenvalue weighted by Crippen LogP contribution is 2.31. The molecule has 4 N–H and O–H groups in total. The Labute approximate surface area is 155 Å². The van der Waals surface area contributed by atoms with Crippen molar-refractivity contribution in [1.82, 2.24) is 0 Å². The third kappa shape index (κ3) is 3.85. The van der Waals surface area contributed by atoms with Gasteiger partial charge in [-0.1, -0.05) is 30.3 Å². The zero-order valence-corrected chi connectivity index (χ0v) is 14.6. The van der Waals surface area contributed by atoms with Crippen LogP contribution in [0.1, 0.15) is 10.4 Å². The van der Waals surface area contributed by atoms with Crippen LogP contribution in [-0.4, -0.2) is 29.7 Å². The fourth-order valence-electron chi connectivity index (χ4n) is 2.54. The van der Waals surface area contributed by atoms with E-state index in [9.17, 15) is 23.4 Å². The van der Waals surface area contributed by atoms with Crippen LogP contribution in [0.25, 0.3) is 11.1 Å². The maximum absolute atomic E-state index is 12.6. The Balaban J connectivity index is 1.94. The van der Waals surface area contributed by atoms with Crippen LogP contribution in [-0.2, 0) is 10.0 Å². The van der Waals surface area contributed by atoms with Gasteiger partial charge in [-0.05, 0) is 35.9 Å². The summed E-state index contributed by atoms with van der Waals surface area (Å²) in [6, 6.07) is 15.9. The van der Waals surface area contributed by atoms with Gasteiger partial charge in [-0.25, -0.2) is 13.2 Å². The molecule has 0 spiro atoms. The molecule has 0 radical (unpaired) electrons.